The van der Waals surface area contributed by atoms with Gasteiger partial charge in [0.15, 0.2) is 28.8 Å². The Labute approximate surface area is 249 Å². The van der Waals surface area contributed by atoms with Gasteiger partial charge < -0.3 is 30.0 Å². The summed E-state index contributed by atoms with van der Waals surface area (Å²) in [7, 11) is 4.59. The minimum atomic E-state index is -0.740. The van der Waals surface area contributed by atoms with Crippen molar-refractivity contribution in [2.75, 3.05) is 26.6 Å². The number of hydrogen-bond donors (Lipinski definition) is 3. The van der Waals surface area contributed by atoms with E-state index in [2.05, 4.69) is 10.6 Å². The number of phenolic OH excluding ortho intramolecular Hbond substituents is 1. The first-order valence-corrected chi connectivity index (χ1v) is 13.9. The van der Waals surface area contributed by atoms with Crippen molar-refractivity contribution in [1.29, 1.82) is 0 Å². The van der Waals surface area contributed by atoms with E-state index in [4.69, 9.17) is 25.8 Å². The zero-order valence-electron chi connectivity index (χ0n) is 24.1. The molecule has 0 bridgehead atoms. The summed E-state index contributed by atoms with van der Waals surface area (Å²) in [5.74, 6) is -0.140. The Balaban J connectivity index is 1.61. The third-order valence-corrected chi connectivity index (χ3v) is 8.24. The SMILES string of the molecule is COc1ccc(C2CC(=O)C3=C(C2)NC(C)=C(C(=O)Nc2ccccc2C)C3c2cc(Cl)c(O)c(OC)c2)cc1OC. The minimum absolute atomic E-state index is 0.0628. The van der Waals surface area contributed by atoms with E-state index in [0.717, 1.165) is 16.8 Å². The third-order valence-electron chi connectivity index (χ3n) is 7.95. The summed E-state index contributed by atoms with van der Waals surface area (Å²) in [5, 5.41) is 16.9. The fourth-order valence-electron chi connectivity index (χ4n) is 5.83. The highest BCUT2D eigenvalue weighted by molar-refractivity contribution is 6.32. The van der Waals surface area contributed by atoms with Crippen molar-refractivity contribution in [3.05, 3.63) is 98.9 Å². The molecule has 0 saturated carbocycles. The van der Waals surface area contributed by atoms with E-state index in [0.29, 0.717) is 46.0 Å². The van der Waals surface area contributed by atoms with Crippen LogP contribution in [-0.2, 0) is 9.59 Å². The normalized spacial score (nSPS) is 18.3. The molecule has 8 nitrogen and oxygen atoms in total. The molecule has 0 radical (unpaired) electrons. The summed E-state index contributed by atoms with van der Waals surface area (Å²) in [4.78, 5) is 28.0. The number of dihydropyridines is 1. The number of para-hydroxylation sites is 1. The first-order chi connectivity index (χ1) is 20.2. The van der Waals surface area contributed by atoms with Crippen LogP contribution in [0.5, 0.6) is 23.0 Å². The standard InChI is InChI=1S/C33H33ClN2O6/c1-17-8-6-7-9-23(17)36-33(39)29-18(2)35-24-13-20(19-10-11-26(40-3)27(15-19)41-4)14-25(37)31(24)30(29)21-12-22(34)32(38)28(16-21)42-5/h6-12,15-16,20,30,35,38H,13-14H2,1-5H3,(H,36,39). The molecule has 1 heterocycles. The van der Waals surface area contributed by atoms with Crippen molar-refractivity contribution in [3.63, 3.8) is 0 Å². The van der Waals surface area contributed by atoms with Gasteiger partial charge in [0.25, 0.3) is 5.91 Å². The third kappa shape index (κ3) is 5.30. The Morgan fingerprint density at radius 1 is 0.929 bits per heavy atom. The molecule has 0 aromatic heterocycles. The molecule has 1 aliphatic carbocycles. The number of phenols is 1. The quantitative estimate of drug-likeness (QED) is 0.294. The number of nitrogens with one attached hydrogen (secondary N) is 2. The maximum atomic E-state index is 14.0. The molecular weight excluding hydrogens is 556 g/mol. The Kier molecular flexibility index (Phi) is 8.18. The van der Waals surface area contributed by atoms with E-state index in [1.165, 1.54) is 7.11 Å². The van der Waals surface area contributed by atoms with Crippen molar-refractivity contribution < 1.29 is 28.9 Å². The number of aromatic hydroxyl groups is 1. The molecule has 3 N–H and O–H groups in total. The fourth-order valence-corrected chi connectivity index (χ4v) is 6.05. The lowest BCUT2D eigenvalue weighted by molar-refractivity contribution is -0.116. The second-order valence-electron chi connectivity index (χ2n) is 10.5. The number of Topliss-reactive ketones (excluding diaryl/α,β-unsaturated/α-hetero) is 1. The van der Waals surface area contributed by atoms with Crippen LogP contribution in [0, 0.1) is 6.92 Å². The first kappa shape index (κ1) is 29.1. The van der Waals surface area contributed by atoms with Gasteiger partial charge in [-0.15, -0.1) is 0 Å². The number of ether oxygens (including phenoxy) is 3. The summed E-state index contributed by atoms with van der Waals surface area (Å²) in [5.41, 5.74) is 5.34. The smallest absolute Gasteiger partial charge is 0.254 e. The molecule has 1 aliphatic heterocycles. The highest BCUT2D eigenvalue weighted by Gasteiger charge is 2.41. The molecule has 2 atom stereocenters. The maximum Gasteiger partial charge on any atom is 0.254 e. The van der Waals surface area contributed by atoms with Crippen molar-refractivity contribution >= 4 is 29.0 Å². The van der Waals surface area contributed by atoms with Gasteiger partial charge in [0, 0.05) is 40.6 Å². The number of ketones is 1. The van der Waals surface area contributed by atoms with Crippen LogP contribution in [0.4, 0.5) is 5.69 Å². The molecule has 3 aromatic rings. The van der Waals surface area contributed by atoms with Crippen molar-refractivity contribution in [1.82, 2.24) is 5.32 Å². The Morgan fingerprint density at radius 3 is 2.31 bits per heavy atom. The Hall–Kier alpha value is -4.43. The van der Waals surface area contributed by atoms with Gasteiger partial charge in [-0.1, -0.05) is 35.9 Å². The highest BCUT2D eigenvalue weighted by Crippen LogP contribution is 2.48. The fraction of sp³-hybridized carbons (Fsp3) is 0.273. The molecule has 42 heavy (non-hydrogen) atoms. The molecule has 0 fully saturated rings. The molecule has 2 aliphatic rings. The van der Waals surface area contributed by atoms with Crippen molar-refractivity contribution in [2.24, 2.45) is 0 Å². The summed E-state index contributed by atoms with van der Waals surface area (Å²) >= 11 is 6.41. The number of halogens is 1. The van der Waals surface area contributed by atoms with E-state index in [1.807, 2.05) is 56.3 Å². The number of hydrogen-bond acceptors (Lipinski definition) is 7. The number of rotatable bonds is 7. The Bertz CT molecular complexity index is 1640. The van der Waals surface area contributed by atoms with Crippen LogP contribution in [0.2, 0.25) is 5.02 Å². The molecule has 0 saturated heterocycles. The monoisotopic (exact) mass is 588 g/mol. The molecule has 3 aromatic carbocycles. The van der Waals surface area contributed by atoms with Crippen LogP contribution < -0.4 is 24.8 Å². The van der Waals surface area contributed by atoms with E-state index >= 15 is 0 Å². The average molecular weight is 589 g/mol. The average Bonchev–Trinajstić information content (AvgIpc) is 2.98. The lowest BCUT2D eigenvalue weighted by atomic mass is 9.71. The zero-order valence-corrected chi connectivity index (χ0v) is 24.9. The van der Waals surface area contributed by atoms with Crippen LogP contribution >= 0.6 is 11.6 Å². The van der Waals surface area contributed by atoms with Gasteiger partial charge in [0.05, 0.1) is 26.4 Å². The highest BCUT2D eigenvalue weighted by atomic mass is 35.5. The second-order valence-corrected chi connectivity index (χ2v) is 10.9. The Morgan fingerprint density at radius 2 is 1.62 bits per heavy atom. The number of allylic oxidation sites excluding steroid dienone is 3. The van der Waals surface area contributed by atoms with Gasteiger partial charge in [-0.2, -0.15) is 0 Å². The molecular formula is C33H33ClN2O6. The van der Waals surface area contributed by atoms with Gasteiger partial charge >= 0.3 is 0 Å². The number of methoxy groups -OCH3 is 3. The largest absolute Gasteiger partial charge is 0.503 e. The van der Waals surface area contributed by atoms with Gasteiger partial charge in [-0.3, -0.25) is 9.59 Å². The van der Waals surface area contributed by atoms with Gasteiger partial charge in [-0.05, 0) is 73.2 Å². The molecule has 5 rings (SSSR count). The number of aryl methyl sites for hydroxylation is 1. The predicted octanol–water partition coefficient (Wildman–Crippen LogP) is 6.38. The summed E-state index contributed by atoms with van der Waals surface area (Å²) in [6.07, 6.45) is 0.779. The number of carbonyl (C=O) groups is 2. The zero-order chi connectivity index (χ0) is 30.1. The van der Waals surface area contributed by atoms with E-state index < -0.39 is 5.92 Å². The number of benzene rings is 3. The number of anilines is 1. The van der Waals surface area contributed by atoms with E-state index in [-0.39, 0.29) is 40.6 Å². The maximum absolute atomic E-state index is 14.0. The molecule has 0 spiro atoms. The van der Waals surface area contributed by atoms with Crippen LogP contribution in [-0.4, -0.2) is 38.1 Å². The lowest BCUT2D eigenvalue weighted by Gasteiger charge is -2.37. The van der Waals surface area contributed by atoms with Gasteiger partial charge in [0.1, 0.15) is 0 Å². The van der Waals surface area contributed by atoms with Crippen LogP contribution in [0.1, 0.15) is 48.3 Å². The molecule has 218 valence electrons. The first-order valence-electron chi connectivity index (χ1n) is 13.6. The summed E-state index contributed by atoms with van der Waals surface area (Å²) in [6.45, 7) is 3.74. The topological polar surface area (TPSA) is 106 Å². The molecule has 9 heteroatoms. The molecule has 1 amide bonds. The van der Waals surface area contributed by atoms with Gasteiger partial charge in [-0.25, -0.2) is 0 Å². The summed E-state index contributed by atoms with van der Waals surface area (Å²) < 4.78 is 16.3. The molecule has 2 unspecified atom stereocenters. The van der Waals surface area contributed by atoms with Crippen molar-refractivity contribution in [2.45, 2.75) is 38.5 Å². The van der Waals surface area contributed by atoms with Crippen molar-refractivity contribution in [3.8, 4) is 23.0 Å². The lowest BCUT2D eigenvalue weighted by Crippen LogP contribution is -2.37. The number of amides is 1. The predicted molar refractivity (Wildman–Crippen MR) is 162 cm³/mol. The van der Waals surface area contributed by atoms with E-state index in [9.17, 15) is 14.7 Å². The van der Waals surface area contributed by atoms with Crippen LogP contribution in [0.15, 0.2) is 77.1 Å². The van der Waals surface area contributed by atoms with E-state index in [1.54, 1.807) is 26.4 Å². The second kappa shape index (κ2) is 11.8. The van der Waals surface area contributed by atoms with Crippen LogP contribution in [0.25, 0.3) is 0 Å². The minimum Gasteiger partial charge on any atom is -0.503 e. The van der Waals surface area contributed by atoms with Gasteiger partial charge in [0.2, 0.25) is 0 Å². The number of carbonyl (C=O) groups excluding carboxylic acids is 2. The summed E-state index contributed by atoms with van der Waals surface area (Å²) in [6, 6.07) is 16.4. The van der Waals surface area contributed by atoms with Crippen LogP contribution in [0.3, 0.4) is 0 Å².